The van der Waals surface area contributed by atoms with E-state index in [0.29, 0.717) is 0 Å². The van der Waals surface area contributed by atoms with Crippen molar-refractivity contribution < 1.29 is 14.5 Å². The van der Waals surface area contributed by atoms with E-state index in [1.165, 1.54) is 18.2 Å². The third-order valence-corrected chi connectivity index (χ3v) is 4.78. The van der Waals surface area contributed by atoms with Gasteiger partial charge in [-0.15, -0.1) is 0 Å². The molecule has 0 saturated carbocycles. The van der Waals surface area contributed by atoms with Gasteiger partial charge in [-0.2, -0.15) is 0 Å². The molecule has 0 aliphatic rings. The number of hydrogen-bond acceptors (Lipinski definition) is 4. The molecule has 0 fully saturated rings. The summed E-state index contributed by atoms with van der Waals surface area (Å²) in [5.74, 6) is 0.707. The molecule has 6 nitrogen and oxygen atoms in total. The quantitative estimate of drug-likeness (QED) is 0.544. The zero-order valence-corrected chi connectivity index (χ0v) is 16.8. The van der Waals surface area contributed by atoms with E-state index >= 15 is 0 Å². The van der Waals surface area contributed by atoms with Gasteiger partial charge in [0.25, 0.3) is 11.6 Å². The molecule has 0 heterocycles. The van der Waals surface area contributed by atoms with Crippen molar-refractivity contribution in [2.24, 2.45) is 0 Å². The van der Waals surface area contributed by atoms with Crippen LogP contribution < -0.4 is 10.1 Å². The van der Waals surface area contributed by atoms with Crippen LogP contribution in [0.15, 0.2) is 30.3 Å². The second-order valence-electron chi connectivity index (χ2n) is 6.72. The van der Waals surface area contributed by atoms with Crippen LogP contribution in [0.25, 0.3) is 0 Å². The summed E-state index contributed by atoms with van der Waals surface area (Å²) in [5.41, 5.74) is 3.08. The molecule has 0 saturated heterocycles. The highest BCUT2D eigenvalue weighted by atomic mass is 35.5. The zero-order chi connectivity index (χ0) is 20.3. The van der Waals surface area contributed by atoms with E-state index < -0.39 is 4.92 Å². The summed E-state index contributed by atoms with van der Waals surface area (Å²) in [5, 5.41) is 13.8. The molecular formula is C20H23ClN2O4. The number of rotatable bonds is 6. The number of nitrogens with one attached hydrogen (secondary N) is 1. The van der Waals surface area contributed by atoms with E-state index in [0.717, 1.165) is 22.4 Å². The van der Waals surface area contributed by atoms with Crippen LogP contribution in [0, 0.1) is 17.0 Å². The highest BCUT2D eigenvalue weighted by Crippen LogP contribution is 2.32. The first-order valence-electron chi connectivity index (χ1n) is 8.59. The molecule has 2 aromatic carbocycles. The Hall–Kier alpha value is -2.60. The number of nitro groups is 1. The van der Waals surface area contributed by atoms with Gasteiger partial charge in [0.1, 0.15) is 5.75 Å². The van der Waals surface area contributed by atoms with Crippen LogP contribution in [0.2, 0.25) is 5.02 Å². The molecule has 0 spiro atoms. The van der Waals surface area contributed by atoms with Gasteiger partial charge in [-0.1, -0.05) is 25.4 Å². The van der Waals surface area contributed by atoms with Crippen molar-refractivity contribution in [1.29, 1.82) is 0 Å². The van der Waals surface area contributed by atoms with Crippen molar-refractivity contribution in [3.05, 3.63) is 67.7 Å². The predicted molar refractivity (Wildman–Crippen MR) is 106 cm³/mol. The lowest BCUT2D eigenvalue weighted by Gasteiger charge is -2.21. The smallest absolute Gasteiger partial charge is 0.270 e. The highest BCUT2D eigenvalue weighted by molar-refractivity contribution is 6.34. The van der Waals surface area contributed by atoms with Gasteiger partial charge in [-0.05, 0) is 54.7 Å². The van der Waals surface area contributed by atoms with E-state index in [1.807, 2.05) is 26.0 Å². The van der Waals surface area contributed by atoms with Crippen LogP contribution in [0.5, 0.6) is 5.75 Å². The molecule has 2 aromatic rings. The Balaban J connectivity index is 2.29. The largest absolute Gasteiger partial charge is 0.496 e. The Bertz CT molecular complexity index is 881. The molecule has 0 bridgehead atoms. The van der Waals surface area contributed by atoms with E-state index in [2.05, 4.69) is 19.2 Å². The Morgan fingerprint density at radius 1 is 1.19 bits per heavy atom. The Morgan fingerprint density at radius 2 is 1.85 bits per heavy atom. The van der Waals surface area contributed by atoms with Gasteiger partial charge in [-0.25, -0.2) is 0 Å². The third-order valence-electron chi connectivity index (χ3n) is 4.46. The van der Waals surface area contributed by atoms with E-state index in [9.17, 15) is 14.9 Å². The summed E-state index contributed by atoms with van der Waals surface area (Å²) < 4.78 is 5.46. The minimum absolute atomic E-state index is 0.0447. The molecule has 7 heteroatoms. The predicted octanol–water partition coefficient (Wildman–Crippen LogP) is 5.18. The maximum atomic E-state index is 12.6. The van der Waals surface area contributed by atoms with Gasteiger partial charge < -0.3 is 10.1 Å². The second-order valence-corrected chi connectivity index (χ2v) is 7.13. The monoisotopic (exact) mass is 390 g/mol. The molecule has 0 radical (unpaired) electrons. The van der Waals surface area contributed by atoms with Gasteiger partial charge >= 0.3 is 0 Å². The number of non-ortho nitro benzene ring substituents is 1. The fraction of sp³-hybridized carbons (Fsp3) is 0.350. The number of ether oxygens (including phenoxy) is 1. The van der Waals surface area contributed by atoms with Crippen molar-refractivity contribution >= 4 is 23.2 Å². The molecule has 1 N–H and O–H groups in total. The summed E-state index contributed by atoms with van der Waals surface area (Å²) >= 11 is 6.05. The number of nitro benzene ring substituents is 1. The van der Waals surface area contributed by atoms with Gasteiger partial charge in [-0.3, -0.25) is 14.9 Å². The minimum Gasteiger partial charge on any atom is -0.496 e. The summed E-state index contributed by atoms with van der Waals surface area (Å²) in [6.45, 7) is 8.01. The maximum absolute atomic E-state index is 12.6. The average Bonchev–Trinajstić information content (AvgIpc) is 2.60. The molecule has 0 aliphatic heterocycles. The number of methoxy groups -OCH3 is 1. The van der Waals surface area contributed by atoms with Crippen molar-refractivity contribution in [2.75, 3.05) is 7.11 Å². The van der Waals surface area contributed by atoms with Crippen LogP contribution in [0.4, 0.5) is 5.69 Å². The second kappa shape index (κ2) is 8.39. The summed E-state index contributed by atoms with van der Waals surface area (Å²) in [7, 11) is 1.64. The molecule has 1 atom stereocenters. The van der Waals surface area contributed by atoms with E-state index in [1.54, 1.807) is 7.11 Å². The molecule has 27 heavy (non-hydrogen) atoms. The topological polar surface area (TPSA) is 81.5 Å². The van der Waals surface area contributed by atoms with Crippen LogP contribution in [0.3, 0.4) is 0 Å². The fourth-order valence-corrected chi connectivity index (χ4v) is 3.22. The van der Waals surface area contributed by atoms with E-state index in [-0.39, 0.29) is 34.1 Å². The first kappa shape index (κ1) is 20.7. The SMILES string of the molecule is COc1cc(C)c(C(C)NC(=O)c2ccc([N+](=O)[O-])cc2Cl)cc1C(C)C. The molecule has 1 amide bonds. The number of nitrogens with zero attached hydrogens (tertiary/aromatic N) is 1. The Morgan fingerprint density at radius 3 is 2.37 bits per heavy atom. The molecule has 144 valence electrons. The van der Waals surface area contributed by atoms with Crippen LogP contribution in [0.1, 0.15) is 59.8 Å². The first-order valence-corrected chi connectivity index (χ1v) is 8.96. The standard InChI is InChI=1S/C20H23ClN2O4/c1-11(2)16-10-17(12(3)8-19(16)27-5)13(4)22-20(24)15-7-6-14(23(25)26)9-18(15)21/h6-11,13H,1-5H3,(H,22,24). The van der Waals surface area contributed by atoms with Gasteiger partial charge in [0.15, 0.2) is 0 Å². The maximum Gasteiger partial charge on any atom is 0.270 e. The van der Waals surface area contributed by atoms with Crippen LogP contribution in [-0.2, 0) is 0 Å². The first-order chi connectivity index (χ1) is 12.6. The molecule has 2 rings (SSSR count). The Labute approximate surface area is 163 Å². The number of benzene rings is 2. The van der Waals surface area contributed by atoms with Crippen LogP contribution >= 0.6 is 11.6 Å². The number of carbonyl (C=O) groups is 1. The number of amides is 1. The van der Waals surface area contributed by atoms with Gasteiger partial charge in [0.05, 0.1) is 28.7 Å². The zero-order valence-electron chi connectivity index (χ0n) is 16.0. The third kappa shape index (κ3) is 4.57. The highest BCUT2D eigenvalue weighted by Gasteiger charge is 2.20. The van der Waals surface area contributed by atoms with E-state index in [4.69, 9.17) is 16.3 Å². The summed E-state index contributed by atoms with van der Waals surface area (Å²) in [6.07, 6.45) is 0. The minimum atomic E-state index is -0.551. The normalized spacial score (nSPS) is 12.0. The Kier molecular flexibility index (Phi) is 6.44. The molecule has 0 aliphatic carbocycles. The number of halogens is 1. The molecular weight excluding hydrogens is 368 g/mol. The average molecular weight is 391 g/mol. The summed E-state index contributed by atoms with van der Waals surface area (Å²) in [4.78, 5) is 22.9. The van der Waals surface area contributed by atoms with Crippen molar-refractivity contribution in [3.8, 4) is 5.75 Å². The van der Waals surface area contributed by atoms with Gasteiger partial charge in [0, 0.05) is 12.1 Å². The van der Waals surface area contributed by atoms with Crippen molar-refractivity contribution in [2.45, 2.75) is 39.7 Å². The molecule has 1 unspecified atom stereocenters. The van der Waals surface area contributed by atoms with Crippen molar-refractivity contribution in [1.82, 2.24) is 5.32 Å². The summed E-state index contributed by atoms with van der Waals surface area (Å²) in [6, 6.07) is 7.54. The number of carbonyl (C=O) groups excluding carboxylic acids is 1. The lowest BCUT2D eigenvalue weighted by Crippen LogP contribution is -2.27. The number of hydrogen-bond donors (Lipinski definition) is 1. The lowest BCUT2D eigenvalue weighted by molar-refractivity contribution is -0.384. The number of aryl methyl sites for hydroxylation is 1. The van der Waals surface area contributed by atoms with Crippen molar-refractivity contribution in [3.63, 3.8) is 0 Å². The lowest BCUT2D eigenvalue weighted by atomic mass is 9.93. The van der Waals surface area contributed by atoms with Crippen LogP contribution in [-0.4, -0.2) is 17.9 Å². The van der Waals surface area contributed by atoms with Gasteiger partial charge in [0.2, 0.25) is 0 Å². The fourth-order valence-electron chi connectivity index (χ4n) is 2.96. The molecule has 0 aromatic heterocycles.